The Bertz CT molecular complexity index is 1360. The van der Waals surface area contributed by atoms with E-state index >= 15 is 0 Å². The highest BCUT2D eigenvalue weighted by atomic mass is 35.5. The highest BCUT2D eigenvalue weighted by Crippen LogP contribution is 2.37. The topological polar surface area (TPSA) is 58.2 Å². The first-order chi connectivity index (χ1) is 16.9. The van der Waals surface area contributed by atoms with E-state index in [1.807, 2.05) is 92.7 Å². The second-order valence-corrected chi connectivity index (χ2v) is 9.77. The second-order valence-electron chi connectivity index (χ2n) is 8.15. The molecule has 0 bridgehead atoms. The van der Waals surface area contributed by atoms with Gasteiger partial charge >= 0.3 is 0 Å². The van der Waals surface area contributed by atoms with Crippen LogP contribution >= 0.6 is 23.4 Å². The molecule has 0 heterocycles. The van der Waals surface area contributed by atoms with Crippen LogP contribution in [0.1, 0.15) is 32.3 Å². The first-order valence-corrected chi connectivity index (χ1v) is 12.4. The molecule has 0 aliphatic rings. The summed E-state index contributed by atoms with van der Waals surface area (Å²) in [5.41, 5.74) is 4.70. The van der Waals surface area contributed by atoms with Gasteiger partial charge in [0.05, 0.1) is 0 Å². The summed E-state index contributed by atoms with van der Waals surface area (Å²) in [6.45, 7) is 3.84. The number of halogens is 1. The predicted octanol–water partition coefficient (Wildman–Crippen LogP) is 7.68. The third-order valence-corrected chi connectivity index (χ3v) is 7.02. The molecule has 35 heavy (non-hydrogen) atoms. The van der Waals surface area contributed by atoms with E-state index in [4.69, 9.17) is 11.6 Å². The van der Waals surface area contributed by atoms with Crippen molar-refractivity contribution in [2.45, 2.75) is 24.0 Å². The lowest BCUT2D eigenvalue weighted by atomic mass is 10.1. The smallest absolute Gasteiger partial charge is 0.255 e. The number of carbonyl (C=O) groups excluding carboxylic acids is 2. The molecule has 0 saturated heterocycles. The molecule has 0 spiro atoms. The Balaban J connectivity index is 1.57. The average Bonchev–Trinajstić information content (AvgIpc) is 2.85. The predicted molar refractivity (Wildman–Crippen MR) is 145 cm³/mol. The zero-order valence-electron chi connectivity index (χ0n) is 19.4. The minimum absolute atomic E-state index is 0.152. The maximum absolute atomic E-state index is 13.4. The second kappa shape index (κ2) is 11.3. The number of aryl methyl sites for hydroxylation is 2. The van der Waals surface area contributed by atoms with Gasteiger partial charge in [0.1, 0.15) is 5.25 Å². The van der Waals surface area contributed by atoms with Gasteiger partial charge in [0.2, 0.25) is 5.91 Å². The van der Waals surface area contributed by atoms with E-state index in [-0.39, 0.29) is 11.8 Å². The van der Waals surface area contributed by atoms with Crippen molar-refractivity contribution in [3.05, 3.63) is 124 Å². The summed E-state index contributed by atoms with van der Waals surface area (Å²) in [5.74, 6) is -0.319. The first-order valence-electron chi connectivity index (χ1n) is 11.2. The third kappa shape index (κ3) is 6.32. The van der Waals surface area contributed by atoms with Crippen LogP contribution in [0.5, 0.6) is 0 Å². The lowest BCUT2D eigenvalue weighted by molar-refractivity contribution is -0.115. The summed E-state index contributed by atoms with van der Waals surface area (Å²) >= 11 is 7.57. The van der Waals surface area contributed by atoms with Crippen molar-refractivity contribution in [1.29, 1.82) is 0 Å². The summed E-state index contributed by atoms with van der Waals surface area (Å²) in [6, 6.07) is 30.0. The lowest BCUT2D eigenvalue weighted by Gasteiger charge is -2.18. The Labute approximate surface area is 214 Å². The molecule has 0 aliphatic carbocycles. The molecule has 176 valence electrons. The highest BCUT2D eigenvalue weighted by Gasteiger charge is 2.23. The van der Waals surface area contributed by atoms with E-state index in [2.05, 4.69) is 10.6 Å². The number of hydrogen-bond acceptors (Lipinski definition) is 3. The quantitative estimate of drug-likeness (QED) is 0.256. The molecule has 4 aromatic carbocycles. The van der Waals surface area contributed by atoms with Crippen molar-refractivity contribution in [1.82, 2.24) is 0 Å². The van der Waals surface area contributed by atoms with Gasteiger partial charge in [0.15, 0.2) is 0 Å². The number of amides is 2. The molecule has 4 nitrogen and oxygen atoms in total. The van der Waals surface area contributed by atoms with Gasteiger partial charge < -0.3 is 10.6 Å². The van der Waals surface area contributed by atoms with Crippen molar-refractivity contribution in [2.24, 2.45) is 0 Å². The standard InChI is InChI=1S/C29H25ClN2O2S/c1-19-9-6-7-14-25(19)28(33)31-23-12-8-13-24(18-23)35-27(21-10-4-3-5-11-21)29(34)32-26-17-22(30)16-15-20(26)2/h3-18,27H,1-2H3,(H,31,33)(H,32,34). The van der Waals surface area contributed by atoms with Crippen LogP contribution in [0.15, 0.2) is 102 Å². The molecule has 0 aromatic heterocycles. The molecule has 6 heteroatoms. The van der Waals surface area contributed by atoms with E-state index in [9.17, 15) is 9.59 Å². The van der Waals surface area contributed by atoms with Gasteiger partial charge in [-0.05, 0) is 66.9 Å². The zero-order chi connectivity index (χ0) is 24.8. The average molecular weight is 501 g/mol. The lowest BCUT2D eigenvalue weighted by Crippen LogP contribution is -2.19. The summed E-state index contributed by atoms with van der Waals surface area (Å²) in [4.78, 5) is 27.0. The Morgan fingerprint density at radius 3 is 2.29 bits per heavy atom. The van der Waals surface area contributed by atoms with E-state index in [1.165, 1.54) is 11.8 Å². The van der Waals surface area contributed by atoms with Gasteiger partial charge in [-0.3, -0.25) is 9.59 Å². The minimum atomic E-state index is -0.503. The normalized spacial score (nSPS) is 11.5. The van der Waals surface area contributed by atoms with Crippen LogP contribution < -0.4 is 10.6 Å². The van der Waals surface area contributed by atoms with Crippen LogP contribution in [0.2, 0.25) is 5.02 Å². The van der Waals surface area contributed by atoms with Crippen molar-refractivity contribution in [3.8, 4) is 0 Å². The molecular weight excluding hydrogens is 476 g/mol. The molecule has 1 atom stereocenters. The first kappa shape index (κ1) is 24.6. The number of anilines is 2. The molecule has 0 aliphatic heterocycles. The van der Waals surface area contributed by atoms with Crippen molar-refractivity contribution in [3.63, 3.8) is 0 Å². The molecule has 1 unspecified atom stereocenters. The van der Waals surface area contributed by atoms with Crippen molar-refractivity contribution >= 4 is 46.6 Å². The van der Waals surface area contributed by atoms with Gasteiger partial charge in [-0.1, -0.05) is 72.3 Å². The summed E-state index contributed by atoms with van der Waals surface area (Å²) in [5, 5.41) is 6.06. The van der Waals surface area contributed by atoms with Crippen LogP contribution in [-0.2, 0) is 4.79 Å². The maximum Gasteiger partial charge on any atom is 0.255 e. The van der Waals surface area contributed by atoms with Crippen LogP contribution in [0.4, 0.5) is 11.4 Å². The summed E-state index contributed by atoms with van der Waals surface area (Å²) < 4.78 is 0. The van der Waals surface area contributed by atoms with E-state index < -0.39 is 5.25 Å². The van der Waals surface area contributed by atoms with Gasteiger partial charge in [-0.15, -0.1) is 11.8 Å². The number of hydrogen-bond donors (Lipinski definition) is 2. The van der Waals surface area contributed by atoms with Gasteiger partial charge in [-0.25, -0.2) is 0 Å². The maximum atomic E-state index is 13.4. The Hall–Kier alpha value is -3.54. The largest absolute Gasteiger partial charge is 0.325 e. The van der Waals surface area contributed by atoms with Crippen LogP contribution in [0.3, 0.4) is 0 Å². The van der Waals surface area contributed by atoms with E-state index in [0.717, 1.165) is 21.6 Å². The summed E-state index contributed by atoms with van der Waals surface area (Å²) in [6.07, 6.45) is 0. The fraction of sp³-hybridized carbons (Fsp3) is 0.103. The number of rotatable bonds is 7. The Morgan fingerprint density at radius 2 is 1.51 bits per heavy atom. The van der Waals surface area contributed by atoms with Gasteiger partial charge in [0, 0.05) is 26.9 Å². The molecular formula is C29H25ClN2O2S. The van der Waals surface area contributed by atoms with Crippen molar-refractivity contribution < 1.29 is 9.59 Å². The van der Waals surface area contributed by atoms with Crippen molar-refractivity contribution in [2.75, 3.05) is 10.6 Å². The Morgan fingerprint density at radius 1 is 0.771 bits per heavy atom. The fourth-order valence-corrected chi connectivity index (χ4v) is 4.89. The van der Waals surface area contributed by atoms with Gasteiger partial charge in [0.25, 0.3) is 5.91 Å². The number of carbonyl (C=O) groups is 2. The third-order valence-electron chi connectivity index (χ3n) is 5.53. The van der Waals surface area contributed by atoms with E-state index in [1.54, 1.807) is 18.2 Å². The molecule has 0 radical (unpaired) electrons. The molecule has 4 rings (SSSR count). The zero-order valence-corrected chi connectivity index (χ0v) is 21.0. The summed E-state index contributed by atoms with van der Waals surface area (Å²) in [7, 11) is 0. The van der Waals surface area contributed by atoms with E-state index in [0.29, 0.717) is 22.0 Å². The minimum Gasteiger partial charge on any atom is -0.325 e. The number of nitrogens with one attached hydrogen (secondary N) is 2. The molecule has 2 N–H and O–H groups in total. The van der Waals surface area contributed by atoms with Gasteiger partial charge in [-0.2, -0.15) is 0 Å². The van der Waals surface area contributed by atoms with Crippen LogP contribution in [-0.4, -0.2) is 11.8 Å². The Kier molecular flexibility index (Phi) is 7.91. The number of benzene rings is 4. The van der Waals surface area contributed by atoms with Crippen LogP contribution in [0.25, 0.3) is 0 Å². The SMILES string of the molecule is Cc1ccc(Cl)cc1NC(=O)C(Sc1cccc(NC(=O)c2ccccc2C)c1)c1ccccc1. The van der Waals surface area contributed by atoms with Crippen LogP contribution in [0, 0.1) is 13.8 Å². The monoisotopic (exact) mass is 500 g/mol. The molecule has 4 aromatic rings. The molecule has 0 fully saturated rings. The molecule has 2 amide bonds. The fourth-order valence-electron chi connectivity index (χ4n) is 3.64. The highest BCUT2D eigenvalue weighted by molar-refractivity contribution is 8.00. The molecule has 0 saturated carbocycles. The number of thioether (sulfide) groups is 1.